The number of nitrogens with two attached hydrogens (primary N) is 1. The van der Waals surface area contributed by atoms with Crippen molar-refractivity contribution in [3.05, 3.63) is 0 Å². The molecule has 3 atom stereocenters. The quantitative estimate of drug-likeness (QED) is 0.165. The van der Waals surface area contributed by atoms with Gasteiger partial charge < -0.3 is 26.2 Å². The lowest BCUT2D eigenvalue weighted by molar-refractivity contribution is -0.0542. The van der Waals surface area contributed by atoms with E-state index in [1.807, 2.05) is 0 Å². The second kappa shape index (κ2) is 6.62. The Hall–Kier alpha value is -0.800. The van der Waals surface area contributed by atoms with Gasteiger partial charge in [0.25, 0.3) is 0 Å². The number of hydrazone groups is 1. The van der Waals surface area contributed by atoms with E-state index in [0.717, 1.165) is 6.21 Å². The van der Waals surface area contributed by atoms with Gasteiger partial charge in [0.15, 0.2) is 5.11 Å². The Morgan fingerprint density at radius 1 is 1.50 bits per heavy atom. The molecule has 0 heterocycles. The van der Waals surface area contributed by atoms with Crippen molar-refractivity contribution in [2.75, 3.05) is 6.61 Å². The summed E-state index contributed by atoms with van der Waals surface area (Å²) < 4.78 is 0. The normalized spacial score (nSPS) is 17.7. The lowest BCUT2D eigenvalue weighted by atomic mass is 10.1. The van der Waals surface area contributed by atoms with Crippen molar-refractivity contribution in [1.29, 1.82) is 0 Å². The molecular formula is C6H13N3O4S. The molecule has 7 nitrogen and oxygen atoms in total. The smallest absolute Gasteiger partial charge is 0.184 e. The number of aliphatic hydroxyl groups is 4. The van der Waals surface area contributed by atoms with Crippen LogP contribution in [0.4, 0.5) is 0 Å². The maximum absolute atomic E-state index is 9.14. The lowest BCUT2D eigenvalue weighted by Gasteiger charge is -2.17. The highest BCUT2D eigenvalue weighted by molar-refractivity contribution is 7.80. The Morgan fingerprint density at radius 2 is 2.07 bits per heavy atom. The summed E-state index contributed by atoms with van der Waals surface area (Å²) in [6.07, 6.45) is -3.46. The molecular weight excluding hydrogens is 210 g/mol. The predicted octanol–water partition coefficient (Wildman–Crippen LogP) is -3.12. The molecule has 0 aliphatic rings. The molecule has 0 bridgehead atoms. The monoisotopic (exact) mass is 223 g/mol. The SMILES string of the molecule is NC(=S)N/N=C/[C@H](O)[C@H](O)[C@@H](O)CO. The first-order chi connectivity index (χ1) is 6.49. The van der Waals surface area contributed by atoms with Gasteiger partial charge in [-0.25, -0.2) is 0 Å². The molecule has 0 radical (unpaired) electrons. The van der Waals surface area contributed by atoms with E-state index in [0.29, 0.717) is 0 Å². The molecule has 0 saturated heterocycles. The summed E-state index contributed by atoms with van der Waals surface area (Å²) in [4.78, 5) is 0. The highest BCUT2D eigenvalue weighted by atomic mass is 32.1. The molecule has 0 fully saturated rings. The molecule has 14 heavy (non-hydrogen) atoms. The van der Waals surface area contributed by atoms with E-state index in [9.17, 15) is 0 Å². The third-order valence-corrected chi connectivity index (χ3v) is 1.42. The molecule has 8 heteroatoms. The number of nitrogens with zero attached hydrogens (tertiary/aromatic N) is 1. The zero-order valence-corrected chi connectivity index (χ0v) is 8.05. The van der Waals surface area contributed by atoms with E-state index in [4.69, 9.17) is 26.2 Å². The van der Waals surface area contributed by atoms with Crippen LogP contribution < -0.4 is 11.2 Å². The van der Waals surface area contributed by atoms with Crippen molar-refractivity contribution in [2.24, 2.45) is 10.8 Å². The molecule has 0 aromatic rings. The molecule has 0 aliphatic heterocycles. The Bertz CT molecular complexity index is 213. The first-order valence-corrected chi connectivity index (χ1v) is 4.13. The number of aliphatic hydroxyl groups excluding tert-OH is 4. The van der Waals surface area contributed by atoms with Gasteiger partial charge in [-0.05, 0) is 12.2 Å². The van der Waals surface area contributed by atoms with Crippen LogP contribution in [0.1, 0.15) is 0 Å². The number of hydrogen-bond acceptors (Lipinski definition) is 6. The van der Waals surface area contributed by atoms with Crippen LogP contribution in [0.3, 0.4) is 0 Å². The maximum Gasteiger partial charge on any atom is 0.184 e. The van der Waals surface area contributed by atoms with E-state index >= 15 is 0 Å². The molecule has 82 valence electrons. The van der Waals surface area contributed by atoms with Crippen LogP contribution in [0.2, 0.25) is 0 Å². The molecule has 7 N–H and O–H groups in total. The first kappa shape index (κ1) is 13.2. The Labute approximate surface area is 85.9 Å². The fourth-order valence-electron chi connectivity index (χ4n) is 0.601. The van der Waals surface area contributed by atoms with Crippen LogP contribution in [-0.4, -0.2) is 56.7 Å². The van der Waals surface area contributed by atoms with Crippen LogP contribution in [-0.2, 0) is 0 Å². The van der Waals surface area contributed by atoms with E-state index in [2.05, 4.69) is 22.7 Å². The topological polar surface area (TPSA) is 131 Å². The van der Waals surface area contributed by atoms with Gasteiger partial charge in [-0.15, -0.1) is 0 Å². The highest BCUT2D eigenvalue weighted by Gasteiger charge is 2.22. The Morgan fingerprint density at radius 3 is 2.50 bits per heavy atom. The van der Waals surface area contributed by atoms with Crippen LogP contribution in [0, 0.1) is 0 Å². The Kier molecular flexibility index (Phi) is 6.25. The summed E-state index contributed by atoms with van der Waals surface area (Å²) >= 11 is 4.41. The van der Waals surface area contributed by atoms with E-state index in [1.54, 1.807) is 0 Å². The Balaban J connectivity index is 3.99. The predicted molar refractivity (Wildman–Crippen MR) is 53.5 cm³/mol. The minimum atomic E-state index is -1.52. The van der Waals surface area contributed by atoms with Gasteiger partial charge in [0.05, 0.1) is 12.8 Å². The van der Waals surface area contributed by atoms with Gasteiger partial charge in [-0.2, -0.15) is 5.10 Å². The molecule has 0 spiro atoms. The molecule has 0 aliphatic carbocycles. The fourth-order valence-corrected chi connectivity index (χ4v) is 0.654. The number of hydrogen-bond donors (Lipinski definition) is 6. The van der Waals surface area contributed by atoms with Gasteiger partial charge in [-0.3, -0.25) is 5.43 Å². The minimum absolute atomic E-state index is 0.0920. The molecule has 0 unspecified atom stereocenters. The number of thiocarbonyl (C=S) groups is 1. The van der Waals surface area contributed by atoms with Crippen molar-refractivity contribution < 1.29 is 20.4 Å². The van der Waals surface area contributed by atoms with Crippen LogP contribution >= 0.6 is 12.2 Å². The maximum atomic E-state index is 9.14. The fraction of sp³-hybridized carbons (Fsp3) is 0.667. The third-order valence-electron chi connectivity index (χ3n) is 1.33. The second-order valence-electron chi connectivity index (χ2n) is 2.49. The average molecular weight is 223 g/mol. The van der Waals surface area contributed by atoms with Gasteiger partial charge in [0.1, 0.15) is 18.3 Å². The van der Waals surface area contributed by atoms with Crippen LogP contribution in [0.5, 0.6) is 0 Å². The van der Waals surface area contributed by atoms with Gasteiger partial charge in [-0.1, -0.05) is 0 Å². The van der Waals surface area contributed by atoms with E-state index in [-0.39, 0.29) is 5.11 Å². The summed E-state index contributed by atoms with van der Waals surface area (Å²) in [5, 5.41) is 38.9. The summed E-state index contributed by atoms with van der Waals surface area (Å²) in [6, 6.07) is 0. The lowest BCUT2D eigenvalue weighted by Crippen LogP contribution is -2.40. The van der Waals surface area contributed by atoms with Gasteiger partial charge >= 0.3 is 0 Å². The van der Waals surface area contributed by atoms with Crippen molar-refractivity contribution >= 4 is 23.5 Å². The van der Waals surface area contributed by atoms with Gasteiger partial charge in [0, 0.05) is 0 Å². The standard InChI is InChI=1S/C6H13N3O4S/c7-6(14)9-8-1-3(11)5(13)4(12)2-10/h1,3-5,10-13H,2H2,(H3,7,9,14)/b8-1+/t3-,4-,5-/m0/s1. The molecule has 0 aromatic carbocycles. The van der Waals surface area contributed by atoms with Crippen molar-refractivity contribution in [3.8, 4) is 0 Å². The number of nitrogens with one attached hydrogen (secondary N) is 1. The summed E-state index contributed by atoms with van der Waals surface area (Å²) in [5.74, 6) is 0. The van der Waals surface area contributed by atoms with Crippen molar-refractivity contribution in [3.63, 3.8) is 0 Å². The van der Waals surface area contributed by atoms with Crippen LogP contribution in [0.15, 0.2) is 5.10 Å². The van der Waals surface area contributed by atoms with E-state index < -0.39 is 24.9 Å². The first-order valence-electron chi connectivity index (χ1n) is 3.72. The molecule has 0 aromatic heterocycles. The molecule has 0 rings (SSSR count). The van der Waals surface area contributed by atoms with E-state index in [1.165, 1.54) is 0 Å². The largest absolute Gasteiger partial charge is 0.394 e. The summed E-state index contributed by atoms with van der Waals surface area (Å²) in [7, 11) is 0. The van der Waals surface area contributed by atoms with Crippen molar-refractivity contribution in [1.82, 2.24) is 5.43 Å². The minimum Gasteiger partial charge on any atom is -0.394 e. The zero-order chi connectivity index (χ0) is 11.1. The number of rotatable bonds is 5. The van der Waals surface area contributed by atoms with Crippen LogP contribution in [0.25, 0.3) is 0 Å². The molecule has 0 amide bonds. The third kappa shape index (κ3) is 5.04. The highest BCUT2D eigenvalue weighted by Crippen LogP contribution is 1.97. The van der Waals surface area contributed by atoms with Crippen molar-refractivity contribution in [2.45, 2.75) is 18.3 Å². The van der Waals surface area contributed by atoms with Gasteiger partial charge in [0.2, 0.25) is 0 Å². The summed E-state index contributed by atoms with van der Waals surface area (Å²) in [5.41, 5.74) is 7.17. The zero-order valence-electron chi connectivity index (χ0n) is 7.24. The molecule has 0 saturated carbocycles. The second-order valence-corrected chi connectivity index (χ2v) is 2.93. The average Bonchev–Trinajstić information content (AvgIpc) is 2.14. The summed E-state index contributed by atoms with van der Waals surface area (Å²) in [6.45, 7) is -0.658.